The molecule has 23 heavy (non-hydrogen) atoms. The van der Waals surface area contributed by atoms with Gasteiger partial charge in [-0.25, -0.2) is 4.79 Å². The molecule has 0 aromatic rings. The lowest BCUT2D eigenvalue weighted by Gasteiger charge is -2.33. The predicted octanol–water partition coefficient (Wildman–Crippen LogP) is 3.71. The second-order valence-corrected chi connectivity index (χ2v) is 8.41. The monoisotopic (exact) mass is 325 g/mol. The van der Waals surface area contributed by atoms with Crippen LogP contribution in [0.1, 0.15) is 66.2 Å². The predicted molar refractivity (Wildman–Crippen MR) is 87.1 cm³/mol. The van der Waals surface area contributed by atoms with Gasteiger partial charge in [0, 0.05) is 7.05 Å². The van der Waals surface area contributed by atoms with Gasteiger partial charge in [-0.1, -0.05) is 32.1 Å². The van der Waals surface area contributed by atoms with Crippen molar-refractivity contribution in [3.8, 4) is 0 Å². The number of nitrogens with zero attached hydrogens (tertiary/aromatic N) is 1. The number of hydrogen-bond acceptors (Lipinski definition) is 4. The Hall–Kier alpha value is -0.810. The highest BCUT2D eigenvalue weighted by Crippen LogP contribution is 2.42. The van der Waals surface area contributed by atoms with Crippen molar-refractivity contribution in [1.29, 1.82) is 0 Å². The van der Waals surface area contributed by atoms with Gasteiger partial charge < -0.3 is 19.1 Å². The van der Waals surface area contributed by atoms with Gasteiger partial charge in [0.15, 0.2) is 11.9 Å². The minimum atomic E-state index is -0.642. The van der Waals surface area contributed by atoms with Gasteiger partial charge in [-0.2, -0.15) is 0 Å². The molecule has 0 N–H and O–H groups in total. The Morgan fingerprint density at radius 3 is 2.35 bits per heavy atom. The number of cyclic esters (lactones) is 1. The van der Waals surface area contributed by atoms with Crippen LogP contribution in [0.2, 0.25) is 0 Å². The van der Waals surface area contributed by atoms with Crippen LogP contribution in [0.4, 0.5) is 4.79 Å². The minimum absolute atomic E-state index is 0.0763. The summed E-state index contributed by atoms with van der Waals surface area (Å²) >= 11 is 0. The summed E-state index contributed by atoms with van der Waals surface area (Å²) in [5.74, 6) is 0.0450. The molecular weight excluding hydrogens is 294 g/mol. The van der Waals surface area contributed by atoms with E-state index in [1.807, 2.05) is 34.7 Å². The highest BCUT2D eigenvalue weighted by Gasteiger charge is 2.57. The summed E-state index contributed by atoms with van der Waals surface area (Å²) in [4.78, 5) is 13.9. The molecule has 0 spiro atoms. The summed E-state index contributed by atoms with van der Waals surface area (Å²) in [6, 6.07) is 0.0763. The van der Waals surface area contributed by atoms with Crippen LogP contribution in [0.25, 0.3) is 0 Å². The number of carbonyl (C=O) groups excluding carboxylic acids is 1. The SMILES string of the molecule is CN1C(=O)O[C@H](C2OC(C)(C)OC2(C)C)[C@@H]1CC1CCCCC1. The van der Waals surface area contributed by atoms with Gasteiger partial charge in [-0.3, -0.25) is 0 Å². The summed E-state index contributed by atoms with van der Waals surface area (Å²) in [6.45, 7) is 7.89. The van der Waals surface area contributed by atoms with Crippen LogP contribution in [0.5, 0.6) is 0 Å². The molecule has 0 radical (unpaired) electrons. The van der Waals surface area contributed by atoms with Crippen molar-refractivity contribution in [2.75, 3.05) is 7.05 Å². The Bertz CT molecular complexity index is 456. The third kappa shape index (κ3) is 3.36. The lowest BCUT2D eigenvalue weighted by atomic mass is 9.81. The van der Waals surface area contributed by atoms with E-state index >= 15 is 0 Å². The molecular formula is C18H31NO4. The van der Waals surface area contributed by atoms with Crippen LogP contribution in [0, 0.1) is 5.92 Å². The lowest BCUT2D eigenvalue weighted by Crippen LogP contribution is -2.49. The Kier molecular flexibility index (Phi) is 4.38. The topological polar surface area (TPSA) is 48.0 Å². The van der Waals surface area contributed by atoms with E-state index in [0.717, 1.165) is 6.42 Å². The molecule has 5 heteroatoms. The highest BCUT2D eigenvalue weighted by molar-refractivity contribution is 5.70. The first-order chi connectivity index (χ1) is 10.7. The fraction of sp³-hybridized carbons (Fsp3) is 0.944. The molecule has 3 rings (SSSR count). The zero-order valence-corrected chi connectivity index (χ0v) is 15.1. The molecule has 1 saturated carbocycles. The molecule has 5 nitrogen and oxygen atoms in total. The summed E-state index contributed by atoms with van der Waals surface area (Å²) in [7, 11) is 1.85. The zero-order valence-electron chi connectivity index (χ0n) is 15.1. The van der Waals surface area contributed by atoms with Gasteiger partial charge in [0.05, 0.1) is 11.6 Å². The highest BCUT2D eigenvalue weighted by atomic mass is 16.8. The van der Waals surface area contributed by atoms with Gasteiger partial charge in [0.25, 0.3) is 0 Å². The van der Waals surface area contributed by atoms with E-state index in [-0.39, 0.29) is 24.3 Å². The molecule has 0 bridgehead atoms. The van der Waals surface area contributed by atoms with Crippen molar-refractivity contribution < 1.29 is 19.0 Å². The van der Waals surface area contributed by atoms with Crippen LogP contribution in [0.15, 0.2) is 0 Å². The van der Waals surface area contributed by atoms with E-state index < -0.39 is 11.4 Å². The third-order valence-electron chi connectivity index (χ3n) is 5.60. The molecule has 2 heterocycles. The number of likely N-dealkylation sites (N-methyl/N-ethyl adjacent to an activating group) is 1. The number of ether oxygens (including phenoxy) is 3. The molecule has 3 aliphatic rings. The van der Waals surface area contributed by atoms with Crippen molar-refractivity contribution in [2.45, 2.75) is 95.9 Å². The van der Waals surface area contributed by atoms with E-state index in [9.17, 15) is 4.79 Å². The number of hydrogen-bond donors (Lipinski definition) is 0. The zero-order chi connectivity index (χ0) is 16.8. The summed E-state index contributed by atoms with van der Waals surface area (Å²) < 4.78 is 17.9. The van der Waals surface area contributed by atoms with E-state index in [1.54, 1.807) is 4.90 Å². The standard InChI is InChI=1S/C18H31NO4/c1-17(2)15(22-18(3,4)23-17)14-13(19(5)16(20)21-14)11-12-9-7-6-8-10-12/h12-15H,6-11H2,1-5H3/t13-,14-,15?/m0/s1. The van der Waals surface area contributed by atoms with Crippen molar-refractivity contribution in [3.63, 3.8) is 0 Å². The van der Waals surface area contributed by atoms with Gasteiger partial charge in [-0.15, -0.1) is 0 Å². The normalized spacial score (nSPS) is 37.2. The molecule has 1 unspecified atom stereocenters. The average Bonchev–Trinajstić information content (AvgIpc) is 2.85. The molecule has 3 fully saturated rings. The fourth-order valence-electron chi connectivity index (χ4n) is 4.58. The Morgan fingerprint density at radius 2 is 1.78 bits per heavy atom. The second-order valence-electron chi connectivity index (χ2n) is 8.41. The fourth-order valence-corrected chi connectivity index (χ4v) is 4.58. The smallest absolute Gasteiger partial charge is 0.410 e. The molecule has 2 aliphatic heterocycles. The van der Waals surface area contributed by atoms with Crippen molar-refractivity contribution in [2.24, 2.45) is 5.92 Å². The molecule has 1 aliphatic carbocycles. The second kappa shape index (κ2) is 5.92. The van der Waals surface area contributed by atoms with Crippen LogP contribution in [-0.2, 0) is 14.2 Å². The van der Waals surface area contributed by atoms with Gasteiger partial charge in [0.1, 0.15) is 6.10 Å². The van der Waals surface area contributed by atoms with Crippen LogP contribution in [-0.4, -0.2) is 47.7 Å². The van der Waals surface area contributed by atoms with E-state index in [0.29, 0.717) is 5.92 Å². The van der Waals surface area contributed by atoms with Gasteiger partial charge in [0.2, 0.25) is 0 Å². The van der Waals surface area contributed by atoms with Crippen LogP contribution >= 0.6 is 0 Å². The number of carbonyl (C=O) groups is 1. The van der Waals surface area contributed by atoms with Crippen molar-refractivity contribution in [1.82, 2.24) is 4.90 Å². The quantitative estimate of drug-likeness (QED) is 0.794. The number of amides is 1. The molecule has 2 saturated heterocycles. The maximum absolute atomic E-state index is 12.2. The van der Waals surface area contributed by atoms with Gasteiger partial charge >= 0.3 is 6.09 Å². The third-order valence-corrected chi connectivity index (χ3v) is 5.60. The lowest BCUT2D eigenvalue weighted by molar-refractivity contribution is -0.162. The molecule has 0 aromatic carbocycles. The first-order valence-electron chi connectivity index (χ1n) is 9.01. The van der Waals surface area contributed by atoms with E-state index in [2.05, 4.69) is 0 Å². The maximum atomic E-state index is 12.2. The van der Waals surface area contributed by atoms with Crippen LogP contribution in [0.3, 0.4) is 0 Å². The Balaban J connectivity index is 1.77. The first kappa shape index (κ1) is 17.0. The Labute approximate surface area is 139 Å². The summed E-state index contributed by atoms with van der Waals surface area (Å²) in [6.07, 6.45) is 6.76. The van der Waals surface area contributed by atoms with E-state index in [1.165, 1.54) is 32.1 Å². The molecule has 132 valence electrons. The molecule has 1 amide bonds. The van der Waals surface area contributed by atoms with Crippen molar-refractivity contribution in [3.05, 3.63) is 0 Å². The number of rotatable bonds is 3. The van der Waals surface area contributed by atoms with Gasteiger partial charge in [-0.05, 0) is 40.0 Å². The van der Waals surface area contributed by atoms with Crippen molar-refractivity contribution >= 4 is 6.09 Å². The Morgan fingerprint density at radius 1 is 1.13 bits per heavy atom. The summed E-state index contributed by atoms with van der Waals surface area (Å²) in [5.41, 5.74) is -0.468. The minimum Gasteiger partial charge on any atom is -0.441 e. The van der Waals surface area contributed by atoms with E-state index in [4.69, 9.17) is 14.2 Å². The first-order valence-corrected chi connectivity index (χ1v) is 9.01. The summed E-state index contributed by atoms with van der Waals surface area (Å²) in [5, 5.41) is 0. The molecule has 0 aromatic heterocycles. The largest absolute Gasteiger partial charge is 0.441 e. The maximum Gasteiger partial charge on any atom is 0.410 e. The average molecular weight is 325 g/mol. The van der Waals surface area contributed by atoms with Crippen LogP contribution < -0.4 is 0 Å². The molecule has 3 atom stereocenters.